The molecule has 0 atom stereocenters. The van der Waals surface area contributed by atoms with Gasteiger partial charge in [0.15, 0.2) is 0 Å². The minimum atomic E-state index is -0.108. The summed E-state index contributed by atoms with van der Waals surface area (Å²) in [5.41, 5.74) is 7.79. The first kappa shape index (κ1) is 15.8. The fourth-order valence-electron chi connectivity index (χ4n) is 1.96. The van der Waals surface area contributed by atoms with Crippen molar-refractivity contribution < 1.29 is 4.79 Å². The van der Waals surface area contributed by atoms with E-state index in [4.69, 9.17) is 5.73 Å². The first-order valence-electron chi connectivity index (χ1n) is 7.16. The zero-order chi connectivity index (χ0) is 15.8. The molecule has 2 aromatic heterocycles. The van der Waals surface area contributed by atoms with Crippen molar-refractivity contribution in [3.63, 3.8) is 0 Å². The van der Waals surface area contributed by atoms with Gasteiger partial charge in [0.25, 0.3) is 5.91 Å². The van der Waals surface area contributed by atoms with E-state index in [1.807, 2.05) is 13.0 Å². The lowest BCUT2D eigenvalue weighted by molar-refractivity contribution is 0.0930. The van der Waals surface area contributed by atoms with Crippen molar-refractivity contribution in [1.82, 2.24) is 10.3 Å². The van der Waals surface area contributed by atoms with E-state index >= 15 is 0 Å². The number of aryl methyl sites for hydroxylation is 1. The molecule has 0 aliphatic carbocycles. The number of nitrogens with one attached hydrogen (secondary N) is 1. The Morgan fingerprint density at radius 3 is 2.71 bits per heavy atom. The first-order valence-corrected chi connectivity index (χ1v) is 7.97. The number of hydrogen-bond acceptors (Lipinski definition) is 4. The summed E-state index contributed by atoms with van der Waals surface area (Å²) in [6.07, 6.45) is 1.75. The van der Waals surface area contributed by atoms with Crippen molar-refractivity contribution in [2.45, 2.75) is 34.6 Å². The quantitative estimate of drug-likeness (QED) is 0.907. The molecule has 2 rings (SSSR count). The number of thiophene rings is 1. The van der Waals surface area contributed by atoms with E-state index in [-0.39, 0.29) is 11.3 Å². The van der Waals surface area contributed by atoms with E-state index in [0.717, 1.165) is 15.8 Å². The normalized spacial score (nSPS) is 12.1. The minimum Gasteiger partial charge on any atom is -0.397 e. The number of rotatable bonds is 4. The van der Waals surface area contributed by atoms with E-state index in [1.54, 1.807) is 6.20 Å². The number of carbonyl (C=O) groups excluding carboxylic acids is 1. The van der Waals surface area contributed by atoms with Gasteiger partial charge in [-0.3, -0.25) is 4.79 Å². The molecule has 0 unspecified atom stereocenters. The molecular formula is C16H23N3OS. The average molecular weight is 305 g/mol. The molecule has 2 aromatic rings. The molecule has 0 fully saturated rings. The molecule has 4 nitrogen and oxygen atoms in total. The number of fused-ring (bicyclic) bond motifs is 1. The summed E-state index contributed by atoms with van der Waals surface area (Å²) in [6.45, 7) is 11.2. The van der Waals surface area contributed by atoms with Gasteiger partial charge in [0, 0.05) is 18.1 Å². The maximum absolute atomic E-state index is 12.4. The zero-order valence-corrected chi connectivity index (χ0v) is 14.1. The van der Waals surface area contributed by atoms with Crippen LogP contribution in [0.25, 0.3) is 10.2 Å². The van der Waals surface area contributed by atoms with Crippen molar-refractivity contribution >= 4 is 33.1 Å². The SMILES string of the molecule is Cc1ccnc2sc(C(=O)NCC(C)(C)C(C)C)c(N)c12. The summed E-state index contributed by atoms with van der Waals surface area (Å²) in [5.74, 6) is 0.380. The molecule has 114 valence electrons. The van der Waals surface area contributed by atoms with Crippen LogP contribution >= 0.6 is 11.3 Å². The van der Waals surface area contributed by atoms with Crippen LogP contribution in [0.15, 0.2) is 12.3 Å². The van der Waals surface area contributed by atoms with Gasteiger partial charge in [-0.1, -0.05) is 27.7 Å². The molecule has 0 aliphatic heterocycles. The maximum Gasteiger partial charge on any atom is 0.263 e. The molecule has 1 amide bonds. The van der Waals surface area contributed by atoms with Gasteiger partial charge in [-0.15, -0.1) is 11.3 Å². The fourth-order valence-corrected chi connectivity index (χ4v) is 3.02. The third-order valence-electron chi connectivity index (χ3n) is 4.31. The van der Waals surface area contributed by atoms with Crippen LogP contribution < -0.4 is 11.1 Å². The van der Waals surface area contributed by atoms with Crippen molar-refractivity contribution in [2.75, 3.05) is 12.3 Å². The molecule has 0 spiro atoms. The average Bonchev–Trinajstić information content (AvgIpc) is 2.75. The minimum absolute atomic E-state index is 0.0509. The van der Waals surface area contributed by atoms with Gasteiger partial charge in [0.05, 0.1) is 5.69 Å². The van der Waals surface area contributed by atoms with Gasteiger partial charge in [0.2, 0.25) is 0 Å². The van der Waals surface area contributed by atoms with E-state index in [2.05, 4.69) is 38.0 Å². The lowest BCUT2D eigenvalue weighted by Crippen LogP contribution is -2.36. The Balaban J connectivity index is 2.25. The zero-order valence-electron chi connectivity index (χ0n) is 13.3. The van der Waals surface area contributed by atoms with Crippen LogP contribution in [0.4, 0.5) is 5.69 Å². The number of carbonyl (C=O) groups is 1. The Bertz CT molecular complexity index is 673. The Morgan fingerprint density at radius 1 is 1.48 bits per heavy atom. The Labute approximate surface area is 129 Å². The largest absolute Gasteiger partial charge is 0.397 e. The van der Waals surface area contributed by atoms with Crippen LogP contribution in [0.5, 0.6) is 0 Å². The lowest BCUT2D eigenvalue weighted by atomic mass is 9.81. The molecule has 0 saturated carbocycles. The van der Waals surface area contributed by atoms with Gasteiger partial charge >= 0.3 is 0 Å². The molecule has 3 N–H and O–H groups in total. The highest BCUT2D eigenvalue weighted by Crippen LogP contribution is 2.34. The van der Waals surface area contributed by atoms with Crippen LogP contribution in [0.1, 0.15) is 42.9 Å². The molecule has 2 heterocycles. The van der Waals surface area contributed by atoms with Gasteiger partial charge in [0.1, 0.15) is 9.71 Å². The second-order valence-electron chi connectivity index (χ2n) is 6.48. The Hall–Kier alpha value is -1.62. The van der Waals surface area contributed by atoms with E-state index < -0.39 is 0 Å². The van der Waals surface area contributed by atoms with Gasteiger partial charge < -0.3 is 11.1 Å². The van der Waals surface area contributed by atoms with Crippen molar-refractivity contribution in [3.8, 4) is 0 Å². The summed E-state index contributed by atoms with van der Waals surface area (Å²) >= 11 is 1.36. The topological polar surface area (TPSA) is 68.0 Å². The van der Waals surface area contributed by atoms with E-state index in [0.29, 0.717) is 23.0 Å². The van der Waals surface area contributed by atoms with Crippen LogP contribution in [-0.2, 0) is 0 Å². The number of nitrogens with zero attached hydrogens (tertiary/aromatic N) is 1. The number of aromatic nitrogens is 1. The summed E-state index contributed by atoms with van der Waals surface area (Å²) in [4.78, 5) is 18.1. The van der Waals surface area contributed by atoms with Gasteiger partial charge in [-0.25, -0.2) is 4.98 Å². The Kier molecular flexibility index (Phi) is 4.23. The second kappa shape index (κ2) is 5.64. The second-order valence-corrected chi connectivity index (χ2v) is 7.48. The Morgan fingerprint density at radius 2 is 2.14 bits per heavy atom. The summed E-state index contributed by atoms with van der Waals surface area (Å²) in [7, 11) is 0. The first-order chi connectivity index (χ1) is 9.74. The molecule has 0 radical (unpaired) electrons. The molecular weight excluding hydrogens is 282 g/mol. The predicted molar refractivity (Wildman–Crippen MR) is 89.7 cm³/mol. The summed E-state index contributed by atoms with van der Waals surface area (Å²) < 4.78 is 0. The fraction of sp³-hybridized carbons (Fsp3) is 0.500. The van der Waals surface area contributed by atoms with Crippen molar-refractivity contribution in [2.24, 2.45) is 11.3 Å². The number of nitrogens with two attached hydrogens (primary N) is 1. The number of pyridine rings is 1. The third-order valence-corrected chi connectivity index (χ3v) is 5.42. The monoisotopic (exact) mass is 305 g/mol. The highest BCUT2D eigenvalue weighted by Gasteiger charge is 2.25. The molecule has 0 saturated heterocycles. The lowest BCUT2D eigenvalue weighted by Gasteiger charge is -2.29. The highest BCUT2D eigenvalue weighted by molar-refractivity contribution is 7.21. The molecule has 5 heteroatoms. The highest BCUT2D eigenvalue weighted by atomic mass is 32.1. The molecule has 0 bridgehead atoms. The van der Waals surface area contributed by atoms with Crippen molar-refractivity contribution in [1.29, 1.82) is 0 Å². The summed E-state index contributed by atoms with van der Waals surface area (Å²) in [6, 6.07) is 1.91. The summed E-state index contributed by atoms with van der Waals surface area (Å²) in [5, 5.41) is 3.90. The predicted octanol–water partition coefficient (Wildman–Crippen LogP) is 3.60. The van der Waals surface area contributed by atoms with Crippen LogP contribution in [0, 0.1) is 18.3 Å². The van der Waals surface area contributed by atoms with Crippen LogP contribution in [-0.4, -0.2) is 17.4 Å². The molecule has 21 heavy (non-hydrogen) atoms. The van der Waals surface area contributed by atoms with Crippen LogP contribution in [0.2, 0.25) is 0 Å². The number of hydrogen-bond donors (Lipinski definition) is 2. The van der Waals surface area contributed by atoms with Gasteiger partial charge in [-0.2, -0.15) is 0 Å². The van der Waals surface area contributed by atoms with E-state index in [9.17, 15) is 4.79 Å². The molecule has 0 aliphatic rings. The standard InChI is InChI=1S/C16H23N3OS/c1-9(2)16(4,5)8-19-14(20)13-12(17)11-10(3)6-7-18-15(11)21-13/h6-7,9H,8,17H2,1-5H3,(H,19,20). The smallest absolute Gasteiger partial charge is 0.263 e. The van der Waals surface area contributed by atoms with E-state index in [1.165, 1.54) is 11.3 Å². The number of nitrogen functional groups attached to an aromatic ring is 1. The van der Waals surface area contributed by atoms with Crippen molar-refractivity contribution in [3.05, 3.63) is 22.7 Å². The van der Waals surface area contributed by atoms with Crippen LogP contribution in [0.3, 0.4) is 0 Å². The van der Waals surface area contributed by atoms with Gasteiger partial charge in [-0.05, 0) is 29.9 Å². The number of anilines is 1. The number of amides is 1. The maximum atomic E-state index is 12.4. The molecule has 0 aromatic carbocycles. The third kappa shape index (κ3) is 3.02.